The fourth-order valence-electron chi connectivity index (χ4n) is 1.15. The molecule has 0 amide bonds. The summed E-state index contributed by atoms with van der Waals surface area (Å²) < 4.78 is 29.4. The van der Waals surface area contributed by atoms with Gasteiger partial charge in [-0.3, -0.25) is 4.79 Å². The number of ether oxygens (including phenoxy) is 1. The lowest BCUT2D eigenvalue weighted by atomic mass is 10.5. The summed E-state index contributed by atoms with van der Waals surface area (Å²) >= 11 is 0. The molecular weight excluding hydrogens is 210 g/mol. The van der Waals surface area contributed by atoms with Gasteiger partial charge in [-0.25, -0.2) is 8.42 Å². The van der Waals surface area contributed by atoms with Crippen LogP contribution in [0, 0.1) is 0 Å². The Morgan fingerprint density at radius 3 is 2.36 bits per heavy atom. The first-order chi connectivity index (χ1) is 6.46. The average Bonchev–Trinajstić information content (AvgIpc) is 2.18. The highest BCUT2D eigenvalue weighted by Gasteiger charge is 2.34. The minimum atomic E-state index is -3.71. The molecule has 0 radical (unpaired) electrons. The summed E-state index contributed by atoms with van der Waals surface area (Å²) in [6.45, 7) is 2.30. The number of sulfonamides is 1. The van der Waals surface area contributed by atoms with Gasteiger partial charge in [-0.1, -0.05) is 0 Å². The van der Waals surface area contributed by atoms with Gasteiger partial charge in [-0.15, -0.1) is 0 Å². The van der Waals surface area contributed by atoms with Crippen molar-refractivity contribution in [2.24, 2.45) is 0 Å². The monoisotopic (exact) mass is 223 g/mol. The summed E-state index contributed by atoms with van der Waals surface area (Å²) in [5, 5.41) is 7.22. The first-order valence-corrected chi connectivity index (χ1v) is 5.76. The van der Waals surface area contributed by atoms with Crippen LogP contribution in [0.5, 0.6) is 0 Å². The summed E-state index contributed by atoms with van der Waals surface area (Å²) in [7, 11) is -3.71. The lowest BCUT2D eigenvalue weighted by molar-refractivity contribution is -0.136. The van der Waals surface area contributed by atoms with Gasteiger partial charge in [-0.2, -0.15) is 4.31 Å². The third kappa shape index (κ3) is 2.23. The zero-order valence-electron chi connectivity index (χ0n) is 7.84. The van der Waals surface area contributed by atoms with Gasteiger partial charge in [0, 0.05) is 13.1 Å². The Morgan fingerprint density at radius 2 is 1.93 bits per heavy atom. The normalized spacial score (nSPS) is 21.8. The standard InChI is InChI=1S/C7H13NO5S/c1-6(7(9)10)14(11,12)8-2-4-13-5-3-8/h6H,2-5H2,1H3,(H,9,10). The number of rotatable bonds is 3. The lowest BCUT2D eigenvalue weighted by Gasteiger charge is -2.27. The number of hydrogen-bond donors (Lipinski definition) is 1. The topological polar surface area (TPSA) is 83.9 Å². The Labute approximate surface area is 82.5 Å². The first-order valence-electron chi connectivity index (χ1n) is 4.26. The molecule has 0 aromatic rings. The van der Waals surface area contributed by atoms with Crippen LogP contribution in [-0.4, -0.2) is 55.4 Å². The van der Waals surface area contributed by atoms with Crippen molar-refractivity contribution in [2.75, 3.05) is 26.3 Å². The number of carboxylic acids is 1. The number of carboxylic acid groups (broad SMARTS) is 1. The molecule has 6 nitrogen and oxygen atoms in total. The Balaban J connectivity index is 2.78. The van der Waals surface area contributed by atoms with Gasteiger partial charge in [0.2, 0.25) is 10.0 Å². The number of aliphatic carboxylic acids is 1. The van der Waals surface area contributed by atoms with Crippen LogP contribution >= 0.6 is 0 Å². The molecule has 1 rings (SSSR count). The molecule has 0 bridgehead atoms. The molecular formula is C7H13NO5S. The molecule has 1 unspecified atom stereocenters. The zero-order chi connectivity index (χ0) is 10.8. The summed E-state index contributed by atoms with van der Waals surface area (Å²) in [5.41, 5.74) is 0. The second-order valence-electron chi connectivity index (χ2n) is 3.04. The fourth-order valence-corrected chi connectivity index (χ4v) is 2.51. The van der Waals surface area contributed by atoms with Crippen LogP contribution in [0.4, 0.5) is 0 Å². The molecule has 0 aliphatic carbocycles. The Bertz CT molecular complexity index is 306. The van der Waals surface area contributed by atoms with E-state index in [9.17, 15) is 13.2 Å². The molecule has 0 aromatic heterocycles. The van der Waals surface area contributed by atoms with Crippen LogP contribution in [0.25, 0.3) is 0 Å². The summed E-state index contributed by atoms with van der Waals surface area (Å²) in [6, 6.07) is 0. The van der Waals surface area contributed by atoms with Crippen LogP contribution in [-0.2, 0) is 19.6 Å². The molecule has 1 atom stereocenters. The maximum absolute atomic E-state index is 11.6. The van der Waals surface area contributed by atoms with Crippen LogP contribution in [0.2, 0.25) is 0 Å². The summed E-state index contributed by atoms with van der Waals surface area (Å²) in [6.07, 6.45) is 0. The van der Waals surface area contributed by atoms with E-state index in [0.29, 0.717) is 13.2 Å². The average molecular weight is 223 g/mol. The second-order valence-corrected chi connectivity index (χ2v) is 5.29. The van der Waals surface area contributed by atoms with E-state index in [1.165, 1.54) is 6.92 Å². The molecule has 1 N–H and O–H groups in total. The van der Waals surface area contributed by atoms with Crippen molar-refractivity contribution in [3.63, 3.8) is 0 Å². The minimum Gasteiger partial charge on any atom is -0.480 e. The van der Waals surface area contributed by atoms with Crippen molar-refractivity contribution >= 4 is 16.0 Å². The van der Waals surface area contributed by atoms with Crippen LogP contribution < -0.4 is 0 Å². The van der Waals surface area contributed by atoms with Crippen LogP contribution in [0.15, 0.2) is 0 Å². The minimum absolute atomic E-state index is 0.236. The molecule has 1 saturated heterocycles. The van der Waals surface area contributed by atoms with Crippen molar-refractivity contribution in [1.82, 2.24) is 4.31 Å². The molecule has 14 heavy (non-hydrogen) atoms. The van der Waals surface area contributed by atoms with Crippen molar-refractivity contribution in [3.8, 4) is 0 Å². The quantitative estimate of drug-likeness (QED) is 0.671. The van der Waals surface area contributed by atoms with Gasteiger partial charge >= 0.3 is 5.97 Å². The fraction of sp³-hybridized carbons (Fsp3) is 0.857. The van der Waals surface area contributed by atoms with Crippen molar-refractivity contribution in [1.29, 1.82) is 0 Å². The Hall–Kier alpha value is -0.660. The van der Waals surface area contributed by atoms with Gasteiger partial charge in [0.05, 0.1) is 13.2 Å². The summed E-state index contributed by atoms with van der Waals surface area (Å²) in [5.74, 6) is -1.32. The molecule has 82 valence electrons. The molecule has 1 fully saturated rings. The van der Waals surface area contributed by atoms with Crippen molar-refractivity contribution in [3.05, 3.63) is 0 Å². The molecule has 0 saturated carbocycles. The molecule has 0 spiro atoms. The largest absolute Gasteiger partial charge is 0.480 e. The van der Waals surface area contributed by atoms with E-state index < -0.39 is 21.2 Å². The third-order valence-electron chi connectivity index (χ3n) is 2.12. The van der Waals surface area contributed by atoms with Gasteiger partial charge in [0.15, 0.2) is 5.25 Å². The number of nitrogens with zero attached hydrogens (tertiary/aromatic N) is 1. The van der Waals surface area contributed by atoms with E-state index in [1.807, 2.05) is 0 Å². The highest BCUT2D eigenvalue weighted by molar-refractivity contribution is 7.90. The van der Waals surface area contributed by atoms with Gasteiger partial charge in [0.1, 0.15) is 0 Å². The van der Waals surface area contributed by atoms with Crippen LogP contribution in [0.3, 0.4) is 0 Å². The van der Waals surface area contributed by atoms with Gasteiger partial charge < -0.3 is 9.84 Å². The number of carbonyl (C=O) groups is 1. The predicted octanol–water partition coefficient (Wildman–Crippen LogP) is -0.878. The first kappa shape index (κ1) is 11.4. The van der Waals surface area contributed by atoms with Gasteiger partial charge in [-0.05, 0) is 6.92 Å². The van der Waals surface area contributed by atoms with E-state index in [4.69, 9.17) is 9.84 Å². The van der Waals surface area contributed by atoms with E-state index in [0.717, 1.165) is 4.31 Å². The molecule has 1 aliphatic rings. The Morgan fingerprint density at radius 1 is 1.43 bits per heavy atom. The molecule has 1 heterocycles. The van der Waals surface area contributed by atoms with Crippen molar-refractivity contribution in [2.45, 2.75) is 12.2 Å². The van der Waals surface area contributed by atoms with Crippen LogP contribution in [0.1, 0.15) is 6.92 Å². The summed E-state index contributed by atoms with van der Waals surface area (Å²) in [4.78, 5) is 10.6. The zero-order valence-corrected chi connectivity index (χ0v) is 8.66. The SMILES string of the molecule is CC(C(=O)O)S(=O)(=O)N1CCOCC1. The number of hydrogen-bond acceptors (Lipinski definition) is 4. The van der Waals surface area contributed by atoms with Gasteiger partial charge in [0.25, 0.3) is 0 Å². The lowest BCUT2D eigenvalue weighted by Crippen LogP contribution is -2.46. The molecule has 7 heteroatoms. The number of morpholine rings is 1. The highest BCUT2D eigenvalue weighted by atomic mass is 32.2. The maximum Gasteiger partial charge on any atom is 0.323 e. The Kier molecular flexibility index (Phi) is 3.46. The van der Waals surface area contributed by atoms with E-state index in [-0.39, 0.29) is 13.1 Å². The van der Waals surface area contributed by atoms with E-state index in [2.05, 4.69) is 0 Å². The van der Waals surface area contributed by atoms with Crippen molar-refractivity contribution < 1.29 is 23.1 Å². The van der Waals surface area contributed by atoms with E-state index in [1.54, 1.807) is 0 Å². The third-order valence-corrected chi connectivity index (χ3v) is 4.30. The smallest absolute Gasteiger partial charge is 0.323 e. The molecule has 1 aliphatic heterocycles. The highest BCUT2D eigenvalue weighted by Crippen LogP contribution is 2.11. The molecule has 0 aromatic carbocycles. The maximum atomic E-state index is 11.6. The predicted molar refractivity (Wildman–Crippen MR) is 48.4 cm³/mol. The second kappa shape index (κ2) is 4.24. The van der Waals surface area contributed by atoms with E-state index >= 15 is 0 Å².